The van der Waals surface area contributed by atoms with Crippen molar-refractivity contribution in [2.45, 2.75) is 0 Å². The summed E-state index contributed by atoms with van der Waals surface area (Å²) in [5.41, 5.74) is 3.61. The SMILES string of the molecule is Nc1cc(F)c(C(=O)F)c(F)c1. The molecular weight excluding hydrogens is 171 g/mol. The summed E-state index contributed by atoms with van der Waals surface area (Å²) in [7, 11) is 0. The molecule has 1 aromatic carbocycles. The van der Waals surface area contributed by atoms with Crippen LogP contribution in [-0.4, -0.2) is 6.04 Å². The zero-order valence-electron chi connectivity index (χ0n) is 5.77. The van der Waals surface area contributed by atoms with E-state index in [0.717, 1.165) is 0 Å². The summed E-state index contributed by atoms with van der Waals surface area (Å²) in [5.74, 6) is -2.58. The lowest BCUT2D eigenvalue weighted by atomic mass is 10.2. The standard InChI is InChI=1S/C7H4F3NO/c8-4-1-3(11)2-5(9)6(4)7(10)12/h1-2H,11H2. The molecule has 0 saturated heterocycles. The Morgan fingerprint density at radius 1 is 1.25 bits per heavy atom. The van der Waals surface area contributed by atoms with Crippen LogP contribution in [-0.2, 0) is 0 Å². The molecule has 0 heterocycles. The average molecular weight is 175 g/mol. The van der Waals surface area contributed by atoms with Gasteiger partial charge < -0.3 is 5.73 Å². The van der Waals surface area contributed by atoms with Gasteiger partial charge in [0.15, 0.2) is 0 Å². The van der Waals surface area contributed by atoms with Crippen LogP contribution in [0.5, 0.6) is 0 Å². The van der Waals surface area contributed by atoms with Crippen molar-refractivity contribution in [1.82, 2.24) is 0 Å². The van der Waals surface area contributed by atoms with E-state index in [9.17, 15) is 18.0 Å². The van der Waals surface area contributed by atoms with Gasteiger partial charge in [0.05, 0.1) is 0 Å². The summed E-state index contributed by atoms with van der Waals surface area (Å²) in [5, 5.41) is 0. The van der Waals surface area contributed by atoms with E-state index < -0.39 is 23.2 Å². The number of hydrogen-bond donors (Lipinski definition) is 1. The van der Waals surface area contributed by atoms with Crippen molar-refractivity contribution in [2.24, 2.45) is 0 Å². The van der Waals surface area contributed by atoms with Gasteiger partial charge in [-0.1, -0.05) is 0 Å². The molecule has 0 spiro atoms. The van der Waals surface area contributed by atoms with Crippen LogP contribution in [0.15, 0.2) is 12.1 Å². The Hall–Kier alpha value is -1.52. The Labute approximate surface area is 65.8 Å². The molecule has 0 radical (unpaired) electrons. The van der Waals surface area contributed by atoms with Crippen LogP contribution in [0, 0.1) is 11.6 Å². The first-order valence-electron chi connectivity index (χ1n) is 2.96. The summed E-state index contributed by atoms with van der Waals surface area (Å²) in [6.07, 6.45) is 0. The molecule has 2 N–H and O–H groups in total. The van der Waals surface area contributed by atoms with Crippen LogP contribution in [0.4, 0.5) is 18.9 Å². The third kappa shape index (κ3) is 1.39. The van der Waals surface area contributed by atoms with Gasteiger partial charge in [-0.3, -0.25) is 4.79 Å². The number of carbonyl (C=O) groups excluding carboxylic acids is 1. The number of benzene rings is 1. The molecular formula is C7H4F3NO. The smallest absolute Gasteiger partial charge is 0.338 e. The second-order valence-corrected chi connectivity index (χ2v) is 2.13. The van der Waals surface area contributed by atoms with Crippen LogP contribution in [0.2, 0.25) is 0 Å². The molecule has 0 amide bonds. The Morgan fingerprint density at radius 3 is 2.00 bits per heavy atom. The van der Waals surface area contributed by atoms with Crippen LogP contribution < -0.4 is 5.73 Å². The molecule has 0 bridgehead atoms. The normalized spacial score (nSPS) is 9.92. The van der Waals surface area contributed by atoms with Gasteiger partial charge in [0, 0.05) is 5.69 Å². The predicted molar refractivity (Wildman–Crippen MR) is 36.2 cm³/mol. The average Bonchev–Trinajstić information content (AvgIpc) is 1.82. The van der Waals surface area contributed by atoms with Crippen molar-refractivity contribution in [3.63, 3.8) is 0 Å². The molecule has 1 aromatic rings. The number of nitrogen functional groups attached to an aromatic ring is 1. The summed E-state index contributed by atoms with van der Waals surface area (Å²) in [4.78, 5) is 10.0. The number of anilines is 1. The van der Waals surface area contributed by atoms with Crippen molar-refractivity contribution >= 4 is 11.7 Å². The third-order valence-corrected chi connectivity index (χ3v) is 1.26. The van der Waals surface area contributed by atoms with Crippen LogP contribution in [0.1, 0.15) is 10.4 Å². The van der Waals surface area contributed by atoms with Gasteiger partial charge in [-0.2, -0.15) is 4.39 Å². The topological polar surface area (TPSA) is 43.1 Å². The lowest BCUT2D eigenvalue weighted by molar-refractivity contribution is 0.0826. The third-order valence-electron chi connectivity index (χ3n) is 1.26. The van der Waals surface area contributed by atoms with Crippen molar-refractivity contribution in [3.8, 4) is 0 Å². The molecule has 5 heteroatoms. The van der Waals surface area contributed by atoms with Crippen LogP contribution >= 0.6 is 0 Å². The van der Waals surface area contributed by atoms with Gasteiger partial charge in [0.1, 0.15) is 17.2 Å². The van der Waals surface area contributed by atoms with E-state index in [4.69, 9.17) is 5.73 Å². The highest BCUT2D eigenvalue weighted by molar-refractivity contribution is 5.89. The lowest BCUT2D eigenvalue weighted by Crippen LogP contribution is -2.01. The van der Waals surface area contributed by atoms with Gasteiger partial charge in [0.2, 0.25) is 0 Å². The minimum Gasteiger partial charge on any atom is -0.399 e. The van der Waals surface area contributed by atoms with Gasteiger partial charge >= 0.3 is 6.04 Å². The molecule has 0 aliphatic carbocycles. The maximum absolute atomic E-state index is 12.6. The number of hydrogen-bond acceptors (Lipinski definition) is 2. The summed E-state index contributed by atoms with van der Waals surface area (Å²) < 4.78 is 37.1. The van der Waals surface area contributed by atoms with Crippen molar-refractivity contribution in [1.29, 1.82) is 0 Å². The highest BCUT2D eigenvalue weighted by Crippen LogP contribution is 2.17. The van der Waals surface area contributed by atoms with E-state index >= 15 is 0 Å². The molecule has 0 aliphatic heterocycles. The summed E-state index contributed by atoms with van der Waals surface area (Å²) in [6.45, 7) is 0. The molecule has 0 fully saturated rings. The molecule has 0 unspecified atom stereocenters. The summed E-state index contributed by atoms with van der Waals surface area (Å²) in [6, 6.07) is -0.795. The molecule has 0 atom stereocenters. The van der Waals surface area contributed by atoms with Crippen LogP contribution in [0.25, 0.3) is 0 Å². The minimum atomic E-state index is -2.15. The van der Waals surface area contributed by atoms with Gasteiger partial charge in [-0.15, -0.1) is 0 Å². The molecule has 0 aliphatic rings. The van der Waals surface area contributed by atoms with Gasteiger partial charge in [-0.25, -0.2) is 8.78 Å². The van der Waals surface area contributed by atoms with Gasteiger partial charge in [0.25, 0.3) is 0 Å². The monoisotopic (exact) mass is 175 g/mol. The lowest BCUT2D eigenvalue weighted by Gasteiger charge is -1.99. The maximum atomic E-state index is 12.6. The fourth-order valence-electron chi connectivity index (χ4n) is 0.781. The van der Waals surface area contributed by atoms with Crippen molar-refractivity contribution in [3.05, 3.63) is 29.3 Å². The number of rotatable bonds is 1. The molecule has 0 aromatic heterocycles. The molecule has 2 nitrogen and oxygen atoms in total. The van der Waals surface area contributed by atoms with E-state index in [2.05, 4.69) is 0 Å². The zero-order valence-corrected chi connectivity index (χ0v) is 5.77. The highest BCUT2D eigenvalue weighted by Gasteiger charge is 2.17. The Bertz CT molecular complexity index is 314. The fraction of sp³-hybridized carbons (Fsp3) is 0. The van der Waals surface area contributed by atoms with Gasteiger partial charge in [-0.05, 0) is 12.1 Å². The van der Waals surface area contributed by atoms with E-state index in [-0.39, 0.29) is 5.69 Å². The maximum Gasteiger partial charge on any atom is 0.338 e. The number of nitrogens with two attached hydrogens (primary N) is 1. The van der Waals surface area contributed by atoms with E-state index in [1.165, 1.54) is 0 Å². The molecule has 12 heavy (non-hydrogen) atoms. The first kappa shape index (κ1) is 8.58. The molecule has 64 valence electrons. The Morgan fingerprint density at radius 2 is 1.67 bits per heavy atom. The molecule has 1 rings (SSSR count). The van der Waals surface area contributed by atoms with E-state index in [1.54, 1.807) is 0 Å². The quantitative estimate of drug-likeness (QED) is 0.521. The van der Waals surface area contributed by atoms with E-state index in [0.29, 0.717) is 12.1 Å². The van der Waals surface area contributed by atoms with Crippen LogP contribution in [0.3, 0.4) is 0 Å². The highest BCUT2D eigenvalue weighted by atomic mass is 19.2. The minimum absolute atomic E-state index is 0.199. The zero-order chi connectivity index (χ0) is 9.30. The first-order chi connectivity index (χ1) is 5.52. The van der Waals surface area contributed by atoms with Crippen molar-refractivity contribution < 1.29 is 18.0 Å². The second-order valence-electron chi connectivity index (χ2n) is 2.13. The Kier molecular flexibility index (Phi) is 2.03. The number of halogens is 3. The first-order valence-corrected chi connectivity index (χ1v) is 2.96. The van der Waals surface area contributed by atoms with Crippen molar-refractivity contribution in [2.75, 3.05) is 5.73 Å². The Balaban J connectivity index is 3.38. The largest absolute Gasteiger partial charge is 0.399 e. The fourth-order valence-corrected chi connectivity index (χ4v) is 0.781. The second kappa shape index (κ2) is 2.84. The molecule has 0 saturated carbocycles. The summed E-state index contributed by atoms with van der Waals surface area (Å²) >= 11 is 0. The predicted octanol–water partition coefficient (Wildman–Crippen LogP) is 1.66. The van der Waals surface area contributed by atoms with E-state index in [1.807, 2.05) is 0 Å². The number of carbonyl (C=O) groups is 1.